The van der Waals surface area contributed by atoms with Gasteiger partial charge in [0, 0.05) is 38.6 Å². The molecule has 0 amide bonds. The number of anilines is 2. The molecular weight excluding hydrogens is 240 g/mol. The second-order valence-corrected chi connectivity index (χ2v) is 3.90. The Bertz CT molecular complexity index is 596. The maximum atomic E-state index is 5.89. The number of nitrogen functional groups attached to an aromatic ring is 1. The third-order valence-corrected chi connectivity index (χ3v) is 2.54. The Morgan fingerprint density at radius 1 is 1.26 bits per heavy atom. The van der Waals surface area contributed by atoms with E-state index in [0.29, 0.717) is 17.2 Å². The maximum absolute atomic E-state index is 5.89. The van der Waals surface area contributed by atoms with E-state index in [4.69, 9.17) is 10.5 Å². The molecule has 0 atom stereocenters. The Labute approximate surface area is 112 Å². The van der Waals surface area contributed by atoms with Gasteiger partial charge in [-0.1, -0.05) is 0 Å². The van der Waals surface area contributed by atoms with Crippen LogP contribution in [0.25, 0.3) is 0 Å². The molecular formula is C14H16N4O. The number of rotatable bonds is 4. The zero-order chi connectivity index (χ0) is 13.7. The standard InChI is InChI=1S/C14H16N4O/c1-16-9-10-7-12(5-6-18-10)19-11-3-4-14(17-2)13(15)8-11/h3-9,17H,15H2,1-2H3/b16-9-. The number of nitrogens with one attached hydrogen (secondary N) is 1. The topological polar surface area (TPSA) is 72.5 Å². The first-order valence-electron chi connectivity index (χ1n) is 5.86. The summed E-state index contributed by atoms with van der Waals surface area (Å²) in [4.78, 5) is 8.07. The first-order chi connectivity index (χ1) is 9.22. The van der Waals surface area contributed by atoms with Crippen molar-refractivity contribution in [2.24, 2.45) is 4.99 Å². The molecule has 0 bridgehead atoms. The number of hydrogen-bond donors (Lipinski definition) is 2. The van der Waals surface area contributed by atoms with Gasteiger partial charge in [0.15, 0.2) is 0 Å². The number of hydrogen-bond acceptors (Lipinski definition) is 5. The van der Waals surface area contributed by atoms with Crippen LogP contribution in [0.15, 0.2) is 41.5 Å². The van der Waals surface area contributed by atoms with Crippen molar-refractivity contribution in [3.05, 3.63) is 42.2 Å². The predicted molar refractivity (Wildman–Crippen MR) is 78.2 cm³/mol. The Kier molecular flexibility index (Phi) is 3.97. The van der Waals surface area contributed by atoms with Gasteiger partial charge in [-0.3, -0.25) is 9.98 Å². The zero-order valence-electron chi connectivity index (χ0n) is 10.9. The first-order valence-corrected chi connectivity index (χ1v) is 5.86. The van der Waals surface area contributed by atoms with E-state index in [0.717, 1.165) is 11.4 Å². The van der Waals surface area contributed by atoms with Gasteiger partial charge in [-0.05, 0) is 18.2 Å². The molecule has 0 saturated heterocycles. The number of nitrogens with zero attached hydrogens (tertiary/aromatic N) is 2. The Morgan fingerprint density at radius 2 is 2.05 bits per heavy atom. The molecule has 19 heavy (non-hydrogen) atoms. The van der Waals surface area contributed by atoms with Crippen molar-refractivity contribution in [3.63, 3.8) is 0 Å². The molecule has 0 aliphatic carbocycles. The van der Waals surface area contributed by atoms with E-state index in [-0.39, 0.29) is 0 Å². The molecule has 0 aliphatic rings. The summed E-state index contributed by atoms with van der Waals surface area (Å²) in [7, 11) is 3.53. The van der Waals surface area contributed by atoms with Gasteiger partial charge in [0.05, 0.1) is 17.1 Å². The average Bonchev–Trinajstić information content (AvgIpc) is 2.40. The fourth-order valence-electron chi connectivity index (χ4n) is 1.66. The smallest absolute Gasteiger partial charge is 0.131 e. The van der Waals surface area contributed by atoms with Crippen LogP contribution in [0.1, 0.15) is 5.69 Å². The molecule has 5 nitrogen and oxygen atoms in total. The van der Waals surface area contributed by atoms with Crippen molar-refractivity contribution < 1.29 is 4.74 Å². The molecule has 98 valence electrons. The summed E-state index contributed by atoms with van der Waals surface area (Å²) >= 11 is 0. The molecule has 0 spiro atoms. The Hall–Kier alpha value is -2.56. The van der Waals surface area contributed by atoms with E-state index in [1.165, 1.54) is 0 Å². The Balaban J connectivity index is 2.21. The molecule has 1 heterocycles. The molecule has 0 aliphatic heterocycles. The number of benzene rings is 1. The minimum Gasteiger partial charge on any atom is -0.457 e. The van der Waals surface area contributed by atoms with E-state index < -0.39 is 0 Å². The lowest BCUT2D eigenvalue weighted by atomic mass is 10.2. The minimum absolute atomic E-state index is 0.643. The minimum atomic E-state index is 0.643. The number of aliphatic imine (C=N–C) groups is 1. The van der Waals surface area contributed by atoms with Gasteiger partial charge in [0.2, 0.25) is 0 Å². The number of pyridine rings is 1. The molecule has 2 rings (SSSR count). The van der Waals surface area contributed by atoms with Crippen LogP contribution in [0.2, 0.25) is 0 Å². The van der Waals surface area contributed by atoms with Crippen LogP contribution in [-0.4, -0.2) is 25.3 Å². The molecule has 1 aromatic carbocycles. The molecule has 1 aromatic heterocycles. The van der Waals surface area contributed by atoms with Crippen LogP contribution in [-0.2, 0) is 0 Å². The molecule has 5 heteroatoms. The maximum Gasteiger partial charge on any atom is 0.131 e. The highest BCUT2D eigenvalue weighted by Gasteiger charge is 2.02. The summed E-state index contributed by atoms with van der Waals surface area (Å²) in [6.07, 6.45) is 3.35. The molecule has 0 fully saturated rings. The van der Waals surface area contributed by atoms with Crippen molar-refractivity contribution in [1.29, 1.82) is 0 Å². The van der Waals surface area contributed by atoms with Crippen LogP contribution in [0.3, 0.4) is 0 Å². The van der Waals surface area contributed by atoms with Gasteiger partial charge in [-0.25, -0.2) is 0 Å². The fraction of sp³-hybridized carbons (Fsp3) is 0.143. The summed E-state index contributed by atoms with van der Waals surface area (Å²) in [6, 6.07) is 9.11. The molecule has 0 unspecified atom stereocenters. The summed E-state index contributed by atoms with van der Waals surface area (Å²) in [5.41, 5.74) is 8.16. The second-order valence-electron chi connectivity index (χ2n) is 3.90. The monoisotopic (exact) mass is 256 g/mol. The molecule has 0 saturated carbocycles. The lowest BCUT2D eigenvalue weighted by Crippen LogP contribution is -1.96. The van der Waals surface area contributed by atoms with E-state index in [9.17, 15) is 0 Å². The van der Waals surface area contributed by atoms with Crippen LogP contribution in [0.4, 0.5) is 11.4 Å². The number of ether oxygens (including phenoxy) is 1. The normalized spacial score (nSPS) is 10.6. The van der Waals surface area contributed by atoms with Crippen molar-refractivity contribution >= 4 is 17.6 Å². The highest BCUT2D eigenvalue weighted by molar-refractivity contribution is 5.77. The van der Waals surface area contributed by atoms with E-state index in [1.807, 2.05) is 25.2 Å². The first kappa shape index (κ1) is 12.9. The lowest BCUT2D eigenvalue weighted by molar-refractivity contribution is 0.482. The van der Waals surface area contributed by atoms with Crippen molar-refractivity contribution in [2.45, 2.75) is 0 Å². The summed E-state index contributed by atoms with van der Waals surface area (Å²) in [6.45, 7) is 0. The van der Waals surface area contributed by atoms with Crippen LogP contribution in [0.5, 0.6) is 11.5 Å². The van der Waals surface area contributed by atoms with Gasteiger partial charge < -0.3 is 15.8 Å². The lowest BCUT2D eigenvalue weighted by Gasteiger charge is -2.09. The molecule has 3 N–H and O–H groups in total. The van der Waals surface area contributed by atoms with Crippen LogP contribution < -0.4 is 15.8 Å². The van der Waals surface area contributed by atoms with Gasteiger partial charge in [-0.15, -0.1) is 0 Å². The summed E-state index contributed by atoms with van der Waals surface area (Å²) in [5, 5.41) is 3.00. The predicted octanol–water partition coefficient (Wildman–Crippen LogP) is 2.55. The quantitative estimate of drug-likeness (QED) is 0.651. The van der Waals surface area contributed by atoms with E-state index >= 15 is 0 Å². The fourth-order valence-corrected chi connectivity index (χ4v) is 1.66. The van der Waals surface area contributed by atoms with Gasteiger partial charge in [0.25, 0.3) is 0 Å². The number of nitrogens with two attached hydrogens (primary N) is 1. The summed E-state index contributed by atoms with van der Waals surface area (Å²) < 4.78 is 5.74. The third-order valence-electron chi connectivity index (χ3n) is 2.54. The largest absolute Gasteiger partial charge is 0.457 e. The van der Waals surface area contributed by atoms with Crippen LogP contribution in [0, 0.1) is 0 Å². The van der Waals surface area contributed by atoms with Gasteiger partial charge in [-0.2, -0.15) is 0 Å². The van der Waals surface area contributed by atoms with E-state index in [2.05, 4.69) is 15.3 Å². The van der Waals surface area contributed by atoms with Crippen molar-refractivity contribution in [1.82, 2.24) is 4.98 Å². The highest BCUT2D eigenvalue weighted by atomic mass is 16.5. The van der Waals surface area contributed by atoms with E-state index in [1.54, 1.807) is 31.6 Å². The second kappa shape index (κ2) is 5.86. The summed E-state index contributed by atoms with van der Waals surface area (Å²) in [5.74, 6) is 1.38. The Morgan fingerprint density at radius 3 is 2.74 bits per heavy atom. The van der Waals surface area contributed by atoms with Crippen molar-refractivity contribution in [3.8, 4) is 11.5 Å². The number of aromatic nitrogens is 1. The molecule has 2 aromatic rings. The molecule has 0 radical (unpaired) electrons. The van der Waals surface area contributed by atoms with Crippen molar-refractivity contribution in [2.75, 3.05) is 25.1 Å². The average molecular weight is 256 g/mol. The van der Waals surface area contributed by atoms with Gasteiger partial charge >= 0.3 is 0 Å². The highest BCUT2D eigenvalue weighted by Crippen LogP contribution is 2.27. The zero-order valence-corrected chi connectivity index (χ0v) is 10.9. The third kappa shape index (κ3) is 3.22. The van der Waals surface area contributed by atoms with Gasteiger partial charge in [0.1, 0.15) is 11.5 Å². The van der Waals surface area contributed by atoms with Crippen LogP contribution >= 0.6 is 0 Å². The SMILES string of the molecule is C/N=C\c1cc(Oc2ccc(NC)c(N)c2)ccn1.